The molecule has 0 aliphatic rings. The molecule has 0 amide bonds. The standard InChI is InChI=1S/C15H20N2O3S/c1-12(4-9-15-3-2-10-20-15)17-14-7-5-13(6-8-14)11-21(16,18)19/h2-3,5-8,10,12,17H,4,9,11H2,1H3,(H2,16,18,19). The topological polar surface area (TPSA) is 85.3 Å². The van der Waals surface area contributed by atoms with Gasteiger partial charge in [0.1, 0.15) is 5.76 Å². The van der Waals surface area contributed by atoms with Crippen LogP contribution in [0.4, 0.5) is 5.69 Å². The minimum Gasteiger partial charge on any atom is -0.469 e. The number of nitrogens with two attached hydrogens (primary N) is 1. The Bertz CT molecular complexity index is 649. The van der Waals surface area contributed by atoms with Crippen LogP contribution in [-0.2, 0) is 22.2 Å². The zero-order chi connectivity index (χ0) is 15.3. The summed E-state index contributed by atoms with van der Waals surface area (Å²) in [7, 11) is -3.48. The monoisotopic (exact) mass is 308 g/mol. The van der Waals surface area contributed by atoms with Gasteiger partial charge in [-0.05, 0) is 43.2 Å². The maximum absolute atomic E-state index is 11.0. The van der Waals surface area contributed by atoms with E-state index in [1.807, 2.05) is 24.3 Å². The predicted octanol–water partition coefficient (Wildman–Crippen LogP) is 2.50. The number of hydrogen-bond acceptors (Lipinski definition) is 4. The van der Waals surface area contributed by atoms with Crippen molar-refractivity contribution in [1.29, 1.82) is 0 Å². The molecule has 3 N–H and O–H groups in total. The van der Waals surface area contributed by atoms with Crippen LogP contribution in [-0.4, -0.2) is 14.5 Å². The zero-order valence-electron chi connectivity index (χ0n) is 12.0. The molecule has 1 aromatic heterocycles. The van der Waals surface area contributed by atoms with Crippen molar-refractivity contribution in [3.8, 4) is 0 Å². The molecule has 114 valence electrons. The average Bonchev–Trinajstić information content (AvgIpc) is 2.90. The van der Waals surface area contributed by atoms with Gasteiger partial charge in [-0.15, -0.1) is 0 Å². The van der Waals surface area contributed by atoms with Gasteiger partial charge in [0, 0.05) is 18.2 Å². The van der Waals surface area contributed by atoms with E-state index in [9.17, 15) is 8.42 Å². The summed E-state index contributed by atoms with van der Waals surface area (Å²) in [5.74, 6) is 0.841. The molecular weight excluding hydrogens is 288 g/mol. The number of hydrogen-bond donors (Lipinski definition) is 2. The number of nitrogens with one attached hydrogen (secondary N) is 1. The maximum Gasteiger partial charge on any atom is 0.213 e. The number of anilines is 1. The van der Waals surface area contributed by atoms with Gasteiger partial charge in [0.05, 0.1) is 12.0 Å². The highest BCUT2D eigenvalue weighted by atomic mass is 32.2. The third kappa shape index (κ3) is 5.61. The molecule has 21 heavy (non-hydrogen) atoms. The van der Waals surface area contributed by atoms with Crippen LogP contribution in [0.25, 0.3) is 0 Å². The lowest BCUT2D eigenvalue weighted by Gasteiger charge is -2.15. The van der Waals surface area contributed by atoms with Gasteiger partial charge >= 0.3 is 0 Å². The van der Waals surface area contributed by atoms with Crippen molar-refractivity contribution in [2.45, 2.75) is 31.6 Å². The van der Waals surface area contributed by atoms with E-state index in [0.29, 0.717) is 11.6 Å². The first kappa shape index (κ1) is 15.6. The Morgan fingerprint density at radius 2 is 1.95 bits per heavy atom. The van der Waals surface area contributed by atoms with Crippen molar-refractivity contribution in [2.24, 2.45) is 5.14 Å². The van der Waals surface area contributed by atoms with Crippen LogP contribution in [0.2, 0.25) is 0 Å². The quantitative estimate of drug-likeness (QED) is 0.823. The predicted molar refractivity (Wildman–Crippen MR) is 83.4 cm³/mol. The van der Waals surface area contributed by atoms with E-state index < -0.39 is 10.0 Å². The molecule has 2 rings (SSSR count). The summed E-state index contributed by atoms with van der Waals surface area (Å²) in [4.78, 5) is 0. The van der Waals surface area contributed by atoms with Crippen molar-refractivity contribution in [2.75, 3.05) is 5.32 Å². The van der Waals surface area contributed by atoms with Gasteiger partial charge in [-0.25, -0.2) is 13.6 Å². The summed E-state index contributed by atoms with van der Waals surface area (Å²) in [6.45, 7) is 2.10. The number of aryl methyl sites for hydroxylation is 1. The summed E-state index contributed by atoms with van der Waals surface area (Å²) >= 11 is 0. The van der Waals surface area contributed by atoms with E-state index in [2.05, 4.69) is 12.2 Å². The summed E-state index contributed by atoms with van der Waals surface area (Å²) in [5, 5.41) is 8.39. The van der Waals surface area contributed by atoms with Gasteiger partial charge in [0.15, 0.2) is 0 Å². The van der Waals surface area contributed by atoms with Crippen molar-refractivity contribution in [3.63, 3.8) is 0 Å². The Labute approximate surface area is 125 Å². The molecule has 0 spiro atoms. The highest BCUT2D eigenvalue weighted by molar-refractivity contribution is 7.88. The van der Waals surface area contributed by atoms with Crippen molar-refractivity contribution >= 4 is 15.7 Å². The van der Waals surface area contributed by atoms with Crippen LogP contribution in [0.1, 0.15) is 24.7 Å². The maximum atomic E-state index is 11.0. The summed E-state index contributed by atoms with van der Waals surface area (Å²) in [6.07, 6.45) is 3.51. The van der Waals surface area contributed by atoms with Gasteiger partial charge in [-0.1, -0.05) is 12.1 Å². The molecule has 1 unspecified atom stereocenters. The normalized spacial score (nSPS) is 13.0. The molecule has 0 aliphatic heterocycles. The highest BCUT2D eigenvalue weighted by Gasteiger charge is 2.07. The Balaban J connectivity index is 1.84. The third-order valence-corrected chi connectivity index (χ3v) is 3.87. The van der Waals surface area contributed by atoms with Gasteiger partial charge in [0.25, 0.3) is 0 Å². The van der Waals surface area contributed by atoms with Crippen LogP contribution in [0.5, 0.6) is 0 Å². The Morgan fingerprint density at radius 3 is 2.52 bits per heavy atom. The molecule has 1 heterocycles. The SMILES string of the molecule is CC(CCc1ccco1)Nc1ccc(CS(N)(=O)=O)cc1. The molecule has 0 radical (unpaired) electrons. The van der Waals surface area contributed by atoms with Gasteiger partial charge in [-0.3, -0.25) is 0 Å². The second-order valence-corrected chi connectivity index (χ2v) is 6.78. The Morgan fingerprint density at radius 1 is 1.24 bits per heavy atom. The molecule has 0 bridgehead atoms. The van der Waals surface area contributed by atoms with E-state index in [1.54, 1.807) is 18.4 Å². The molecule has 2 aromatic rings. The van der Waals surface area contributed by atoms with Crippen molar-refractivity contribution in [1.82, 2.24) is 0 Å². The molecule has 0 aliphatic carbocycles. The van der Waals surface area contributed by atoms with E-state index in [-0.39, 0.29) is 5.75 Å². The highest BCUT2D eigenvalue weighted by Crippen LogP contribution is 2.14. The third-order valence-electron chi connectivity index (χ3n) is 3.14. The van der Waals surface area contributed by atoms with Crippen molar-refractivity contribution < 1.29 is 12.8 Å². The Kier molecular flexibility index (Phi) is 5.03. The summed E-state index contributed by atoms with van der Waals surface area (Å²) in [6, 6.07) is 11.4. The first-order valence-electron chi connectivity index (χ1n) is 6.81. The van der Waals surface area contributed by atoms with Crippen LogP contribution in [0, 0.1) is 0 Å². The molecule has 1 atom stereocenters. The fourth-order valence-corrected chi connectivity index (χ4v) is 2.76. The lowest BCUT2D eigenvalue weighted by molar-refractivity contribution is 0.495. The van der Waals surface area contributed by atoms with Crippen LogP contribution < -0.4 is 10.5 Å². The first-order valence-corrected chi connectivity index (χ1v) is 8.52. The van der Waals surface area contributed by atoms with Gasteiger partial charge in [0.2, 0.25) is 10.0 Å². The van der Waals surface area contributed by atoms with E-state index in [1.165, 1.54) is 0 Å². The van der Waals surface area contributed by atoms with E-state index in [0.717, 1.165) is 24.3 Å². The number of sulfonamides is 1. The largest absolute Gasteiger partial charge is 0.469 e. The minimum atomic E-state index is -3.48. The van der Waals surface area contributed by atoms with Gasteiger partial charge in [-0.2, -0.15) is 0 Å². The summed E-state index contributed by atoms with van der Waals surface area (Å²) in [5.41, 5.74) is 1.64. The molecule has 0 fully saturated rings. The fourth-order valence-electron chi connectivity index (χ4n) is 2.10. The smallest absolute Gasteiger partial charge is 0.213 e. The van der Waals surface area contributed by atoms with Crippen LogP contribution >= 0.6 is 0 Å². The van der Waals surface area contributed by atoms with Gasteiger partial charge < -0.3 is 9.73 Å². The fraction of sp³-hybridized carbons (Fsp3) is 0.333. The molecular formula is C15H20N2O3S. The second kappa shape index (κ2) is 6.78. The number of rotatable bonds is 7. The lowest BCUT2D eigenvalue weighted by Crippen LogP contribution is -2.16. The first-order chi connectivity index (χ1) is 9.92. The molecule has 0 saturated heterocycles. The number of primary sulfonamides is 1. The molecule has 5 nitrogen and oxygen atoms in total. The summed E-state index contributed by atoms with van der Waals surface area (Å²) < 4.78 is 27.3. The van der Waals surface area contributed by atoms with Crippen LogP contribution in [0.15, 0.2) is 47.1 Å². The van der Waals surface area contributed by atoms with Crippen molar-refractivity contribution in [3.05, 3.63) is 54.0 Å². The average molecular weight is 308 g/mol. The molecule has 6 heteroatoms. The molecule has 1 aromatic carbocycles. The zero-order valence-corrected chi connectivity index (χ0v) is 12.8. The molecule has 0 saturated carbocycles. The lowest BCUT2D eigenvalue weighted by atomic mass is 10.1. The van der Waals surface area contributed by atoms with E-state index in [4.69, 9.17) is 9.56 Å². The van der Waals surface area contributed by atoms with Crippen LogP contribution in [0.3, 0.4) is 0 Å². The number of furan rings is 1. The number of benzene rings is 1. The van der Waals surface area contributed by atoms with E-state index >= 15 is 0 Å². The Hall–Kier alpha value is -1.79. The minimum absolute atomic E-state index is 0.138. The second-order valence-electron chi connectivity index (χ2n) is 5.17.